The first-order valence-corrected chi connectivity index (χ1v) is 6.55. The van der Waals surface area contributed by atoms with Crippen LogP contribution in [0.5, 0.6) is 0 Å². The third-order valence-corrected chi connectivity index (χ3v) is 3.02. The molecule has 0 unspecified atom stereocenters. The van der Waals surface area contributed by atoms with Crippen molar-refractivity contribution in [2.24, 2.45) is 0 Å². The predicted octanol–water partition coefficient (Wildman–Crippen LogP) is 2.79. The van der Waals surface area contributed by atoms with Crippen LogP contribution in [0.25, 0.3) is 10.9 Å². The second-order valence-electron chi connectivity index (χ2n) is 4.80. The van der Waals surface area contributed by atoms with Crippen molar-refractivity contribution in [1.82, 2.24) is 9.88 Å². The van der Waals surface area contributed by atoms with Crippen LogP contribution in [0.4, 0.5) is 0 Å². The van der Waals surface area contributed by atoms with Crippen LogP contribution in [-0.4, -0.2) is 24.3 Å². The molecule has 1 aromatic carbocycles. The fourth-order valence-corrected chi connectivity index (χ4v) is 2.24. The lowest BCUT2D eigenvalue weighted by Crippen LogP contribution is -2.15. The monoisotopic (exact) mass is 246 g/mol. The summed E-state index contributed by atoms with van der Waals surface area (Å²) in [6, 6.07) is 10.8. The van der Waals surface area contributed by atoms with Gasteiger partial charge in [0.25, 0.3) is 0 Å². The standard InChI is InChI=1S/C15H22N2O/c1-12(2)18-9-8-17-14(11-16-3)10-13-6-4-5-7-15(13)17/h4-7,10,12,16H,8-9,11H2,1-3H3. The summed E-state index contributed by atoms with van der Waals surface area (Å²) < 4.78 is 8.00. The smallest absolute Gasteiger partial charge is 0.0649 e. The highest BCUT2D eigenvalue weighted by molar-refractivity contribution is 5.81. The average Bonchev–Trinajstić information content (AvgIpc) is 2.68. The summed E-state index contributed by atoms with van der Waals surface area (Å²) in [6.07, 6.45) is 0.291. The molecule has 2 aromatic rings. The first-order valence-electron chi connectivity index (χ1n) is 6.55. The molecule has 3 nitrogen and oxygen atoms in total. The summed E-state index contributed by atoms with van der Waals surface area (Å²) in [4.78, 5) is 0. The highest BCUT2D eigenvalue weighted by Crippen LogP contribution is 2.19. The van der Waals surface area contributed by atoms with E-state index in [4.69, 9.17) is 4.74 Å². The SMILES string of the molecule is CNCc1cc2ccccc2n1CCOC(C)C. The topological polar surface area (TPSA) is 26.2 Å². The summed E-state index contributed by atoms with van der Waals surface area (Å²) in [6.45, 7) is 6.69. The van der Waals surface area contributed by atoms with Gasteiger partial charge in [-0.3, -0.25) is 0 Å². The third kappa shape index (κ3) is 2.92. The van der Waals surface area contributed by atoms with Crippen molar-refractivity contribution in [1.29, 1.82) is 0 Å². The van der Waals surface area contributed by atoms with E-state index in [0.29, 0.717) is 6.10 Å². The van der Waals surface area contributed by atoms with Crippen molar-refractivity contribution in [2.75, 3.05) is 13.7 Å². The lowest BCUT2D eigenvalue weighted by atomic mass is 10.2. The Hall–Kier alpha value is -1.32. The molecule has 0 saturated carbocycles. The molecule has 0 bridgehead atoms. The van der Waals surface area contributed by atoms with Gasteiger partial charge in [0.15, 0.2) is 0 Å². The molecule has 0 aliphatic heterocycles. The van der Waals surface area contributed by atoms with Gasteiger partial charge >= 0.3 is 0 Å². The fraction of sp³-hybridized carbons (Fsp3) is 0.467. The molecule has 0 spiro atoms. The lowest BCUT2D eigenvalue weighted by molar-refractivity contribution is 0.0729. The van der Waals surface area contributed by atoms with Crippen LogP contribution < -0.4 is 5.32 Å². The fourth-order valence-electron chi connectivity index (χ4n) is 2.24. The molecule has 98 valence electrons. The highest BCUT2D eigenvalue weighted by Gasteiger charge is 2.07. The van der Waals surface area contributed by atoms with Crippen LogP contribution in [0.1, 0.15) is 19.5 Å². The number of nitrogens with zero attached hydrogens (tertiary/aromatic N) is 1. The van der Waals surface area contributed by atoms with Crippen LogP contribution in [-0.2, 0) is 17.8 Å². The number of para-hydroxylation sites is 1. The molecule has 0 saturated heterocycles. The van der Waals surface area contributed by atoms with E-state index in [1.165, 1.54) is 16.6 Å². The molecule has 3 heteroatoms. The molecule has 0 atom stereocenters. The zero-order chi connectivity index (χ0) is 13.0. The maximum absolute atomic E-state index is 5.66. The zero-order valence-corrected chi connectivity index (χ0v) is 11.4. The minimum atomic E-state index is 0.291. The van der Waals surface area contributed by atoms with E-state index in [1.807, 2.05) is 7.05 Å². The molecule has 0 fully saturated rings. The molecule has 0 amide bonds. The van der Waals surface area contributed by atoms with E-state index in [1.54, 1.807) is 0 Å². The van der Waals surface area contributed by atoms with E-state index in [9.17, 15) is 0 Å². The van der Waals surface area contributed by atoms with E-state index >= 15 is 0 Å². The van der Waals surface area contributed by atoms with Crippen LogP contribution in [0.15, 0.2) is 30.3 Å². The summed E-state index contributed by atoms with van der Waals surface area (Å²) in [5.41, 5.74) is 2.60. The van der Waals surface area contributed by atoms with E-state index in [0.717, 1.165) is 19.7 Å². The summed E-state index contributed by atoms with van der Waals surface area (Å²) in [5.74, 6) is 0. The molecule has 18 heavy (non-hydrogen) atoms. The summed E-state index contributed by atoms with van der Waals surface area (Å²) >= 11 is 0. The molecule has 0 radical (unpaired) electrons. The quantitative estimate of drug-likeness (QED) is 0.848. The van der Waals surface area contributed by atoms with Gasteiger partial charge in [0.2, 0.25) is 0 Å². The van der Waals surface area contributed by atoms with Gasteiger partial charge in [0.1, 0.15) is 0 Å². The maximum Gasteiger partial charge on any atom is 0.0649 e. The van der Waals surface area contributed by atoms with Gasteiger partial charge in [0.05, 0.1) is 12.7 Å². The number of rotatable bonds is 6. The van der Waals surface area contributed by atoms with E-state index in [2.05, 4.69) is 54.1 Å². The summed E-state index contributed by atoms with van der Waals surface area (Å²) in [7, 11) is 1.98. The Morgan fingerprint density at radius 2 is 2.06 bits per heavy atom. The molecule has 1 N–H and O–H groups in total. The molecule has 1 aromatic heterocycles. The van der Waals surface area contributed by atoms with Gasteiger partial charge in [-0.25, -0.2) is 0 Å². The number of nitrogens with one attached hydrogen (secondary N) is 1. The van der Waals surface area contributed by atoms with Crippen molar-refractivity contribution in [3.05, 3.63) is 36.0 Å². The Balaban J connectivity index is 2.24. The highest BCUT2D eigenvalue weighted by atomic mass is 16.5. The third-order valence-electron chi connectivity index (χ3n) is 3.02. The Labute approximate surface area is 109 Å². The number of ether oxygens (including phenoxy) is 1. The van der Waals surface area contributed by atoms with Crippen molar-refractivity contribution in [2.45, 2.75) is 33.0 Å². The van der Waals surface area contributed by atoms with Crippen molar-refractivity contribution < 1.29 is 4.74 Å². The van der Waals surface area contributed by atoms with Crippen molar-refractivity contribution in [3.8, 4) is 0 Å². The molecular formula is C15H22N2O. The largest absolute Gasteiger partial charge is 0.377 e. The van der Waals surface area contributed by atoms with Gasteiger partial charge in [-0.15, -0.1) is 0 Å². The Morgan fingerprint density at radius 1 is 1.28 bits per heavy atom. The summed E-state index contributed by atoms with van der Waals surface area (Å²) in [5, 5.41) is 4.52. The van der Waals surface area contributed by atoms with Crippen molar-refractivity contribution >= 4 is 10.9 Å². The molecule has 2 rings (SSSR count). The first-order chi connectivity index (χ1) is 8.72. The van der Waals surface area contributed by atoms with Gasteiger partial charge in [0, 0.05) is 24.3 Å². The normalized spacial score (nSPS) is 11.6. The minimum absolute atomic E-state index is 0.291. The molecular weight excluding hydrogens is 224 g/mol. The van der Waals surface area contributed by atoms with E-state index in [-0.39, 0.29) is 0 Å². The second kappa shape index (κ2) is 6.03. The number of hydrogen-bond acceptors (Lipinski definition) is 2. The Bertz CT molecular complexity index is 502. The molecule has 0 aliphatic rings. The maximum atomic E-state index is 5.66. The average molecular weight is 246 g/mol. The zero-order valence-electron chi connectivity index (χ0n) is 11.4. The van der Waals surface area contributed by atoms with Gasteiger partial charge in [-0.2, -0.15) is 0 Å². The van der Waals surface area contributed by atoms with Crippen LogP contribution in [0.2, 0.25) is 0 Å². The van der Waals surface area contributed by atoms with Crippen LogP contribution >= 0.6 is 0 Å². The van der Waals surface area contributed by atoms with Crippen LogP contribution in [0, 0.1) is 0 Å². The van der Waals surface area contributed by atoms with Crippen LogP contribution in [0.3, 0.4) is 0 Å². The number of benzene rings is 1. The predicted molar refractivity (Wildman–Crippen MR) is 75.8 cm³/mol. The molecule has 1 heterocycles. The lowest BCUT2D eigenvalue weighted by Gasteiger charge is -2.12. The Kier molecular flexibility index (Phi) is 4.39. The molecule has 0 aliphatic carbocycles. The first kappa shape index (κ1) is 13.1. The van der Waals surface area contributed by atoms with Crippen molar-refractivity contribution in [3.63, 3.8) is 0 Å². The number of hydrogen-bond donors (Lipinski definition) is 1. The number of fused-ring (bicyclic) bond motifs is 1. The number of aromatic nitrogens is 1. The second-order valence-corrected chi connectivity index (χ2v) is 4.80. The van der Waals surface area contributed by atoms with Gasteiger partial charge < -0.3 is 14.6 Å². The van der Waals surface area contributed by atoms with Gasteiger partial charge in [-0.1, -0.05) is 18.2 Å². The Morgan fingerprint density at radius 3 is 2.78 bits per heavy atom. The van der Waals surface area contributed by atoms with Gasteiger partial charge in [-0.05, 0) is 38.4 Å². The van der Waals surface area contributed by atoms with E-state index < -0.39 is 0 Å². The minimum Gasteiger partial charge on any atom is -0.377 e.